The van der Waals surface area contributed by atoms with Gasteiger partial charge in [-0.05, 0) is 5.75 Å². The lowest BCUT2D eigenvalue weighted by atomic mass is 10.5. The molecule has 1 atom stereocenters. The molecular weight excluding hydrogens is 140 g/mol. The van der Waals surface area contributed by atoms with Crippen LogP contribution in [0.3, 0.4) is 0 Å². The topological polar surface area (TPSA) is 20.2 Å². The maximum Gasteiger partial charge on any atom is 0.0992 e. The number of thiocarbonyl (C=S) groups is 1. The van der Waals surface area contributed by atoms with Gasteiger partial charge in [0.05, 0.1) is 11.5 Å². The lowest BCUT2D eigenvalue weighted by Crippen LogP contribution is -2.09. The van der Waals surface area contributed by atoms with Crippen LogP contribution in [0.25, 0.3) is 0 Å². The molecule has 0 aliphatic carbocycles. The highest BCUT2D eigenvalue weighted by Gasteiger charge is 1.95. The molecule has 47 valence electrons. The third-order valence-electron chi connectivity index (χ3n) is 0.616. The van der Waals surface area contributed by atoms with E-state index in [9.17, 15) is 0 Å². The quantitative estimate of drug-likeness (QED) is 0.602. The molecule has 1 N–H and O–H groups in total. The third-order valence-corrected chi connectivity index (χ3v) is 1.85. The maximum atomic E-state index is 8.75. The van der Waals surface area contributed by atoms with Crippen LogP contribution < -0.4 is 0 Å². The Hall–Kier alpha value is 0.400. The number of rotatable bonds is 4. The Balaban J connectivity index is 2.98. The van der Waals surface area contributed by atoms with E-state index in [1.807, 2.05) is 6.92 Å². The smallest absolute Gasteiger partial charge is 0.0992 e. The molecule has 0 aromatic carbocycles. The molecule has 0 heterocycles. The van der Waals surface area contributed by atoms with E-state index in [2.05, 4.69) is 17.6 Å². The van der Waals surface area contributed by atoms with Crippen LogP contribution in [-0.2, 0) is 0 Å². The molecule has 1 nitrogen and oxygen atoms in total. The number of thioether (sulfide) groups is 1. The second-order valence-corrected chi connectivity index (χ2v) is 2.85. The molecule has 0 saturated carbocycles. The average Bonchev–Trinajstić information content (AvgIpc) is 1.83. The Morgan fingerprint density at radius 2 is 2.50 bits per heavy atom. The first-order chi connectivity index (χ1) is 3.81. The van der Waals surface area contributed by atoms with Gasteiger partial charge in [0.25, 0.3) is 0 Å². The van der Waals surface area contributed by atoms with Crippen LogP contribution in [0.2, 0.25) is 0 Å². The normalized spacial score (nSPS) is 13.2. The molecule has 0 aliphatic heterocycles. The lowest BCUT2D eigenvalue weighted by molar-refractivity contribution is 0.273. The van der Waals surface area contributed by atoms with Crippen LogP contribution in [0.1, 0.15) is 6.92 Å². The molecule has 0 aromatic rings. The Bertz CT molecular complexity index is 65.4. The van der Waals surface area contributed by atoms with E-state index in [0.29, 0.717) is 5.75 Å². The van der Waals surface area contributed by atoms with Crippen LogP contribution in [-0.4, -0.2) is 28.1 Å². The predicted octanol–water partition coefficient (Wildman–Crippen LogP) is 0.977. The molecule has 0 saturated heterocycles. The minimum atomic E-state index is -0.519. The van der Waals surface area contributed by atoms with Crippen molar-refractivity contribution in [2.45, 2.75) is 13.0 Å². The molecule has 0 rings (SSSR count). The predicted molar refractivity (Wildman–Crippen MR) is 41.6 cm³/mol. The van der Waals surface area contributed by atoms with Gasteiger partial charge in [0.1, 0.15) is 0 Å². The van der Waals surface area contributed by atoms with Crippen molar-refractivity contribution < 1.29 is 5.11 Å². The van der Waals surface area contributed by atoms with Gasteiger partial charge in [-0.2, -0.15) is 11.8 Å². The zero-order valence-corrected chi connectivity index (χ0v) is 6.39. The van der Waals surface area contributed by atoms with E-state index in [0.717, 1.165) is 5.75 Å². The van der Waals surface area contributed by atoms with Gasteiger partial charge in [-0.25, -0.2) is 0 Å². The second-order valence-electron chi connectivity index (χ2n) is 1.29. The van der Waals surface area contributed by atoms with Crippen molar-refractivity contribution in [2.24, 2.45) is 0 Å². The Morgan fingerprint density at radius 3 is 2.88 bits per heavy atom. The minimum absolute atomic E-state index is 0.519. The van der Waals surface area contributed by atoms with Gasteiger partial charge in [-0.15, -0.1) is 0 Å². The zero-order valence-electron chi connectivity index (χ0n) is 4.76. The van der Waals surface area contributed by atoms with E-state index >= 15 is 0 Å². The fraction of sp³-hybridized carbons (Fsp3) is 0.800. The van der Waals surface area contributed by atoms with Crippen LogP contribution >= 0.6 is 24.0 Å². The Morgan fingerprint density at radius 1 is 1.88 bits per heavy atom. The minimum Gasteiger partial charge on any atom is -0.387 e. The molecule has 1 unspecified atom stereocenters. The first-order valence-corrected chi connectivity index (χ1v) is 4.01. The van der Waals surface area contributed by atoms with E-state index in [1.54, 1.807) is 11.8 Å². The fourth-order valence-electron chi connectivity index (χ4n) is 0.264. The van der Waals surface area contributed by atoms with Gasteiger partial charge < -0.3 is 5.11 Å². The van der Waals surface area contributed by atoms with Gasteiger partial charge in [-0.3, -0.25) is 0 Å². The van der Waals surface area contributed by atoms with E-state index in [1.165, 1.54) is 0 Å². The average molecular weight is 149 g/mol. The van der Waals surface area contributed by atoms with Crippen molar-refractivity contribution in [3.05, 3.63) is 0 Å². The van der Waals surface area contributed by atoms with Crippen LogP contribution in [0.15, 0.2) is 0 Å². The molecule has 0 spiro atoms. The summed E-state index contributed by atoms with van der Waals surface area (Å²) < 4.78 is 0. The molecule has 0 amide bonds. The van der Waals surface area contributed by atoms with E-state index < -0.39 is 6.10 Å². The van der Waals surface area contributed by atoms with Gasteiger partial charge in [0.15, 0.2) is 0 Å². The second kappa shape index (κ2) is 5.54. The summed E-state index contributed by atoms with van der Waals surface area (Å²) >= 11 is 6.04. The summed E-state index contributed by atoms with van der Waals surface area (Å²) in [6.45, 7) is 2.04. The lowest BCUT2D eigenvalue weighted by Gasteiger charge is -1.98. The van der Waals surface area contributed by atoms with Crippen molar-refractivity contribution in [1.82, 2.24) is 0 Å². The molecule has 1 radical (unpaired) electrons. The summed E-state index contributed by atoms with van der Waals surface area (Å²) in [6, 6.07) is 0. The fourth-order valence-corrected chi connectivity index (χ4v) is 0.995. The molecule has 0 bridgehead atoms. The Labute approximate surface area is 59.5 Å². The number of hydrogen-bond donors (Lipinski definition) is 1. The summed E-state index contributed by atoms with van der Waals surface area (Å²) in [5.74, 6) is 1.70. The zero-order chi connectivity index (χ0) is 6.41. The van der Waals surface area contributed by atoms with Gasteiger partial charge in [0, 0.05) is 5.75 Å². The van der Waals surface area contributed by atoms with Crippen molar-refractivity contribution in [1.29, 1.82) is 0 Å². The number of aliphatic hydroxyl groups is 1. The van der Waals surface area contributed by atoms with Crippen molar-refractivity contribution in [3.63, 3.8) is 0 Å². The summed E-state index contributed by atoms with van der Waals surface area (Å²) in [6.07, 6.45) is -0.519. The molecule has 0 aliphatic rings. The first-order valence-electron chi connectivity index (χ1n) is 2.44. The molecule has 0 fully saturated rings. The number of aliphatic hydroxyl groups excluding tert-OH is 1. The number of hydrogen-bond acceptors (Lipinski definition) is 3. The van der Waals surface area contributed by atoms with Crippen LogP contribution in [0.5, 0.6) is 0 Å². The van der Waals surface area contributed by atoms with E-state index in [4.69, 9.17) is 5.11 Å². The standard InChI is InChI=1S/C5H9OS2/c1-2-8-4-5(6)3-7/h5-6H,2,4H2,1H3. The summed E-state index contributed by atoms with van der Waals surface area (Å²) in [7, 11) is 0. The molecule has 8 heavy (non-hydrogen) atoms. The summed E-state index contributed by atoms with van der Waals surface area (Å²) in [4.78, 5) is 0. The Kier molecular flexibility index (Phi) is 5.81. The van der Waals surface area contributed by atoms with E-state index in [-0.39, 0.29) is 0 Å². The third kappa shape index (κ3) is 4.56. The maximum absolute atomic E-state index is 8.75. The SMILES string of the molecule is CCSCC(O)[C]=S. The van der Waals surface area contributed by atoms with Crippen LogP contribution in [0.4, 0.5) is 0 Å². The molecular formula is C5H9OS2. The van der Waals surface area contributed by atoms with Crippen molar-refractivity contribution in [2.75, 3.05) is 11.5 Å². The highest BCUT2D eigenvalue weighted by Crippen LogP contribution is 1.99. The molecule has 3 heteroatoms. The van der Waals surface area contributed by atoms with Gasteiger partial charge >= 0.3 is 0 Å². The van der Waals surface area contributed by atoms with Gasteiger partial charge in [-0.1, -0.05) is 19.1 Å². The monoisotopic (exact) mass is 149 g/mol. The summed E-state index contributed by atoms with van der Waals surface area (Å²) in [5.41, 5.74) is 0. The molecule has 0 aromatic heterocycles. The first kappa shape index (κ1) is 8.40. The highest BCUT2D eigenvalue weighted by molar-refractivity contribution is 7.99. The summed E-state index contributed by atoms with van der Waals surface area (Å²) in [5, 5.41) is 11.1. The highest BCUT2D eigenvalue weighted by atomic mass is 32.2. The van der Waals surface area contributed by atoms with Crippen LogP contribution in [0, 0.1) is 0 Å². The van der Waals surface area contributed by atoms with Crippen molar-refractivity contribution >= 4 is 29.3 Å². The largest absolute Gasteiger partial charge is 0.387 e. The van der Waals surface area contributed by atoms with Gasteiger partial charge in [0.2, 0.25) is 0 Å². The van der Waals surface area contributed by atoms with Crippen molar-refractivity contribution in [3.8, 4) is 0 Å².